The maximum atomic E-state index is 11.7. The van der Waals surface area contributed by atoms with Crippen LogP contribution in [0.4, 0.5) is 0 Å². The van der Waals surface area contributed by atoms with Crippen molar-refractivity contribution in [1.82, 2.24) is 4.90 Å². The van der Waals surface area contributed by atoms with Crippen molar-refractivity contribution >= 4 is 5.91 Å². The van der Waals surface area contributed by atoms with Crippen LogP contribution in [0.1, 0.15) is 45.4 Å². The lowest BCUT2D eigenvalue weighted by atomic mass is 9.97. The van der Waals surface area contributed by atoms with Crippen LogP contribution in [-0.2, 0) is 4.79 Å². The number of carbonyl (C=O) groups is 1. The minimum atomic E-state index is -0.494. The molecule has 3 heteroatoms. The number of hydrogen-bond donors (Lipinski definition) is 0. The molecule has 1 fully saturated rings. The Labute approximate surface area is 85.7 Å². The molecule has 1 aliphatic carbocycles. The number of hydrogen-bond acceptors (Lipinski definition) is 2. The molecule has 0 heterocycles. The zero-order valence-electron chi connectivity index (χ0n) is 9.05. The van der Waals surface area contributed by atoms with Crippen LogP contribution in [0, 0.1) is 11.3 Å². The van der Waals surface area contributed by atoms with Crippen molar-refractivity contribution in [3.8, 4) is 6.07 Å². The fourth-order valence-electron chi connectivity index (χ4n) is 2.10. The van der Waals surface area contributed by atoms with Gasteiger partial charge in [0, 0.05) is 13.5 Å². The number of amides is 1. The van der Waals surface area contributed by atoms with Gasteiger partial charge in [-0.15, -0.1) is 0 Å². The van der Waals surface area contributed by atoms with E-state index < -0.39 is 5.54 Å². The number of rotatable bonds is 3. The van der Waals surface area contributed by atoms with E-state index in [9.17, 15) is 4.79 Å². The van der Waals surface area contributed by atoms with Gasteiger partial charge in [0.05, 0.1) is 6.07 Å². The fraction of sp³-hybridized carbons (Fsp3) is 0.818. The molecule has 1 aliphatic rings. The molecule has 14 heavy (non-hydrogen) atoms. The van der Waals surface area contributed by atoms with Crippen LogP contribution >= 0.6 is 0 Å². The van der Waals surface area contributed by atoms with Crippen molar-refractivity contribution in [1.29, 1.82) is 5.26 Å². The van der Waals surface area contributed by atoms with E-state index in [0.717, 1.165) is 32.1 Å². The highest BCUT2D eigenvalue weighted by molar-refractivity contribution is 5.77. The molecular formula is C11H18N2O. The molecule has 0 unspecified atom stereocenters. The first-order valence-corrected chi connectivity index (χ1v) is 5.34. The van der Waals surface area contributed by atoms with E-state index in [0.29, 0.717) is 6.42 Å². The summed E-state index contributed by atoms with van der Waals surface area (Å²) >= 11 is 0. The Bertz CT molecular complexity index is 249. The lowest BCUT2D eigenvalue weighted by molar-refractivity contribution is -0.133. The van der Waals surface area contributed by atoms with E-state index in [-0.39, 0.29) is 5.91 Å². The Balaban J connectivity index is 2.70. The van der Waals surface area contributed by atoms with Gasteiger partial charge in [-0.05, 0) is 32.1 Å². The smallest absolute Gasteiger partial charge is 0.223 e. The summed E-state index contributed by atoms with van der Waals surface area (Å²) in [6, 6.07) is 2.32. The van der Waals surface area contributed by atoms with E-state index >= 15 is 0 Å². The molecule has 1 rings (SSSR count). The van der Waals surface area contributed by atoms with E-state index in [2.05, 4.69) is 6.07 Å². The maximum absolute atomic E-state index is 11.7. The normalized spacial score (nSPS) is 18.9. The molecular weight excluding hydrogens is 176 g/mol. The van der Waals surface area contributed by atoms with Gasteiger partial charge in [0.1, 0.15) is 5.54 Å². The molecule has 0 atom stereocenters. The van der Waals surface area contributed by atoms with Gasteiger partial charge in [-0.2, -0.15) is 5.26 Å². The van der Waals surface area contributed by atoms with Crippen molar-refractivity contribution < 1.29 is 4.79 Å². The predicted octanol–water partition coefficient (Wildman–Crippen LogP) is 2.08. The number of nitrogens with zero attached hydrogens (tertiary/aromatic N) is 2. The molecule has 0 saturated heterocycles. The van der Waals surface area contributed by atoms with Gasteiger partial charge in [-0.25, -0.2) is 0 Å². The summed E-state index contributed by atoms with van der Waals surface area (Å²) in [5.41, 5.74) is -0.494. The molecule has 0 radical (unpaired) electrons. The first kappa shape index (κ1) is 11.0. The highest BCUT2D eigenvalue weighted by atomic mass is 16.2. The molecule has 0 spiro atoms. The van der Waals surface area contributed by atoms with Crippen molar-refractivity contribution in [2.24, 2.45) is 0 Å². The SMILES string of the molecule is CCCC(=O)N(C)C1(C#N)CCCC1. The lowest BCUT2D eigenvalue weighted by Gasteiger charge is -2.32. The Kier molecular flexibility index (Phi) is 3.51. The maximum Gasteiger partial charge on any atom is 0.223 e. The molecule has 3 nitrogen and oxygen atoms in total. The van der Waals surface area contributed by atoms with Crippen molar-refractivity contribution in [3.05, 3.63) is 0 Å². The number of nitriles is 1. The van der Waals surface area contributed by atoms with Crippen molar-refractivity contribution in [3.63, 3.8) is 0 Å². The van der Waals surface area contributed by atoms with E-state index in [4.69, 9.17) is 5.26 Å². The molecule has 1 saturated carbocycles. The van der Waals surface area contributed by atoms with E-state index in [1.54, 1.807) is 11.9 Å². The molecule has 0 N–H and O–H groups in total. The van der Waals surface area contributed by atoms with Gasteiger partial charge < -0.3 is 4.90 Å². The summed E-state index contributed by atoms with van der Waals surface area (Å²) in [6.07, 6.45) is 5.23. The average molecular weight is 194 g/mol. The van der Waals surface area contributed by atoms with Crippen LogP contribution in [-0.4, -0.2) is 23.4 Å². The Morgan fingerprint density at radius 3 is 2.50 bits per heavy atom. The van der Waals surface area contributed by atoms with E-state index in [1.807, 2.05) is 6.92 Å². The molecule has 78 valence electrons. The van der Waals surface area contributed by atoms with E-state index in [1.165, 1.54) is 0 Å². The standard InChI is InChI=1S/C11H18N2O/c1-3-6-10(14)13(2)11(9-12)7-4-5-8-11/h3-8H2,1-2H3. The summed E-state index contributed by atoms with van der Waals surface area (Å²) in [4.78, 5) is 13.3. The molecule has 0 aromatic carbocycles. The largest absolute Gasteiger partial charge is 0.327 e. The Morgan fingerprint density at radius 2 is 2.07 bits per heavy atom. The summed E-state index contributed by atoms with van der Waals surface area (Å²) in [6.45, 7) is 1.99. The van der Waals surface area contributed by atoms with Gasteiger partial charge in [0.25, 0.3) is 0 Å². The third-order valence-electron chi connectivity index (χ3n) is 3.12. The van der Waals surface area contributed by atoms with Crippen LogP contribution in [0.2, 0.25) is 0 Å². The predicted molar refractivity (Wildman–Crippen MR) is 54.5 cm³/mol. The quantitative estimate of drug-likeness (QED) is 0.690. The first-order chi connectivity index (χ1) is 6.66. The average Bonchev–Trinajstić information content (AvgIpc) is 2.66. The molecule has 0 aromatic rings. The van der Waals surface area contributed by atoms with Gasteiger partial charge in [0.15, 0.2) is 0 Å². The number of carbonyl (C=O) groups excluding carboxylic acids is 1. The highest BCUT2D eigenvalue weighted by Gasteiger charge is 2.39. The fourth-order valence-corrected chi connectivity index (χ4v) is 2.10. The lowest BCUT2D eigenvalue weighted by Crippen LogP contribution is -2.46. The highest BCUT2D eigenvalue weighted by Crippen LogP contribution is 2.34. The monoisotopic (exact) mass is 194 g/mol. The van der Waals surface area contributed by atoms with Gasteiger partial charge >= 0.3 is 0 Å². The summed E-state index contributed by atoms with van der Waals surface area (Å²) in [5, 5.41) is 9.16. The van der Waals surface area contributed by atoms with Gasteiger partial charge in [-0.3, -0.25) is 4.79 Å². The minimum Gasteiger partial charge on any atom is -0.327 e. The third kappa shape index (κ3) is 1.89. The third-order valence-corrected chi connectivity index (χ3v) is 3.12. The topological polar surface area (TPSA) is 44.1 Å². The first-order valence-electron chi connectivity index (χ1n) is 5.34. The molecule has 0 aliphatic heterocycles. The molecule has 0 aromatic heterocycles. The molecule has 0 bridgehead atoms. The summed E-state index contributed by atoms with van der Waals surface area (Å²) < 4.78 is 0. The summed E-state index contributed by atoms with van der Waals surface area (Å²) in [7, 11) is 1.77. The van der Waals surface area contributed by atoms with Crippen LogP contribution in [0.25, 0.3) is 0 Å². The Hall–Kier alpha value is -1.04. The second kappa shape index (κ2) is 4.45. The van der Waals surface area contributed by atoms with Gasteiger partial charge in [-0.1, -0.05) is 6.92 Å². The molecule has 1 amide bonds. The zero-order chi connectivity index (χ0) is 10.6. The van der Waals surface area contributed by atoms with Crippen LogP contribution in [0.5, 0.6) is 0 Å². The Morgan fingerprint density at radius 1 is 1.50 bits per heavy atom. The van der Waals surface area contributed by atoms with Crippen molar-refractivity contribution in [2.45, 2.75) is 51.0 Å². The second-order valence-electron chi connectivity index (χ2n) is 4.05. The van der Waals surface area contributed by atoms with Gasteiger partial charge in [0.2, 0.25) is 5.91 Å². The van der Waals surface area contributed by atoms with Crippen LogP contribution < -0.4 is 0 Å². The van der Waals surface area contributed by atoms with Crippen molar-refractivity contribution in [2.75, 3.05) is 7.05 Å². The summed E-state index contributed by atoms with van der Waals surface area (Å²) in [5.74, 6) is 0.107. The zero-order valence-corrected chi connectivity index (χ0v) is 9.05. The van der Waals surface area contributed by atoms with Crippen LogP contribution in [0.15, 0.2) is 0 Å². The second-order valence-corrected chi connectivity index (χ2v) is 4.05. The minimum absolute atomic E-state index is 0.107. The van der Waals surface area contributed by atoms with Crippen LogP contribution in [0.3, 0.4) is 0 Å².